The molecule has 0 saturated heterocycles. The van der Waals surface area contributed by atoms with E-state index in [1.54, 1.807) is 5.56 Å². The van der Waals surface area contributed by atoms with Crippen LogP contribution in [0.2, 0.25) is 0 Å². The molecule has 2 heteroatoms. The largest absolute Gasteiger partial charge is 0.310 e. The lowest BCUT2D eigenvalue weighted by Gasteiger charge is -2.36. The van der Waals surface area contributed by atoms with Crippen LogP contribution in [0, 0.1) is 24.7 Å². The van der Waals surface area contributed by atoms with Crippen LogP contribution in [0.15, 0.2) is 11.4 Å². The summed E-state index contributed by atoms with van der Waals surface area (Å²) in [4.78, 5) is 1.50. The molecule has 1 aliphatic rings. The first-order valence-corrected chi connectivity index (χ1v) is 9.28. The standard InChI is InChI=1S/C18H31NS/c1-5-11-19-18(17-10-12-20-14(17)4)16-8-6-15(7-9-16)13(2)3/h10,12-13,15-16,18-19H,5-9,11H2,1-4H3. The molecule has 0 spiro atoms. The minimum atomic E-state index is 0.592. The lowest BCUT2D eigenvalue weighted by Crippen LogP contribution is -2.32. The number of nitrogens with one attached hydrogen (secondary N) is 1. The summed E-state index contributed by atoms with van der Waals surface area (Å²) in [5.41, 5.74) is 1.57. The Morgan fingerprint density at radius 1 is 1.20 bits per heavy atom. The van der Waals surface area contributed by atoms with E-state index in [1.165, 1.54) is 37.0 Å². The van der Waals surface area contributed by atoms with Crippen LogP contribution in [0.25, 0.3) is 0 Å². The Kier molecular flexibility index (Phi) is 6.10. The summed E-state index contributed by atoms with van der Waals surface area (Å²) in [7, 11) is 0. The van der Waals surface area contributed by atoms with Gasteiger partial charge in [0.25, 0.3) is 0 Å². The predicted molar refractivity (Wildman–Crippen MR) is 90.4 cm³/mol. The molecular weight excluding hydrogens is 262 g/mol. The Balaban J connectivity index is 2.03. The highest BCUT2D eigenvalue weighted by Crippen LogP contribution is 2.40. The van der Waals surface area contributed by atoms with Gasteiger partial charge in [0.1, 0.15) is 0 Å². The van der Waals surface area contributed by atoms with Crippen molar-refractivity contribution in [1.29, 1.82) is 0 Å². The van der Waals surface area contributed by atoms with Gasteiger partial charge in [-0.3, -0.25) is 0 Å². The van der Waals surface area contributed by atoms with E-state index in [1.807, 2.05) is 11.3 Å². The molecule has 20 heavy (non-hydrogen) atoms. The van der Waals surface area contributed by atoms with Gasteiger partial charge in [0.15, 0.2) is 0 Å². The minimum Gasteiger partial charge on any atom is -0.310 e. The second kappa shape index (κ2) is 7.61. The molecule has 1 aliphatic carbocycles. The Morgan fingerprint density at radius 2 is 1.85 bits per heavy atom. The van der Waals surface area contributed by atoms with Crippen molar-refractivity contribution in [2.45, 2.75) is 65.8 Å². The van der Waals surface area contributed by atoms with Crippen molar-refractivity contribution in [3.05, 3.63) is 21.9 Å². The topological polar surface area (TPSA) is 12.0 Å². The molecule has 1 aromatic heterocycles. The van der Waals surface area contributed by atoms with Crippen molar-refractivity contribution < 1.29 is 0 Å². The van der Waals surface area contributed by atoms with Gasteiger partial charge in [-0.25, -0.2) is 0 Å². The molecule has 0 radical (unpaired) electrons. The van der Waals surface area contributed by atoms with E-state index in [0.717, 1.165) is 24.3 Å². The second-order valence-electron chi connectivity index (χ2n) is 6.78. The van der Waals surface area contributed by atoms with E-state index in [4.69, 9.17) is 0 Å². The molecule has 1 heterocycles. The molecular formula is C18H31NS. The molecule has 1 aromatic rings. The molecule has 1 saturated carbocycles. The van der Waals surface area contributed by atoms with Gasteiger partial charge in [0.05, 0.1) is 0 Å². The van der Waals surface area contributed by atoms with E-state index >= 15 is 0 Å². The quantitative estimate of drug-likeness (QED) is 0.724. The van der Waals surface area contributed by atoms with Crippen molar-refractivity contribution in [2.24, 2.45) is 17.8 Å². The maximum atomic E-state index is 3.83. The summed E-state index contributed by atoms with van der Waals surface area (Å²) in [5.74, 6) is 2.66. The van der Waals surface area contributed by atoms with Crippen LogP contribution >= 0.6 is 11.3 Å². The maximum Gasteiger partial charge on any atom is 0.0359 e. The van der Waals surface area contributed by atoms with E-state index in [0.29, 0.717) is 6.04 Å². The Morgan fingerprint density at radius 3 is 2.35 bits per heavy atom. The SMILES string of the molecule is CCCNC(c1ccsc1C)C1CCC(C(C)C)CC1. The van der Waals surface area contributed by atoms with Gasteiger partial charge in [-0.1, -0.05) is 20.8 Å². The third kappa shape index (κ3) is 3.85. The zero-order valence-corrected chi connectivity index (χ0v) is 14.4. The lowest BCUT2D eigenvalue weighted by atomic mass is 9.73. The monoisotopic (exact) mass is 293 g/mol. The summed E-state index contributed by atoms with van der Waals surface area (Å²) in [6, 6.07) is 2.94. The van der Waals surface area contributed by atoms with Gasteiger partial charge in [0, 0.05) is 10.9 Å². The number of hydrogen-bond donors (Lipinski definition) is 1. The fourth-order valence-electron chi connectivity index (χ4n) is 3.69. The minimum absolute atomic E-state index is 0.592. The summed E-state index contributed by atoms with van der Waals surface area (Å²) in [6.45, 7) is 10.5. The third-order valence-electron chi connectivity index (χ3n) is 5.08. The molecule has 1 atom stereocenters. The van der Waals surface area contributed by atoms with Crippen LogP contribution in [0.1, 0.15) is 69.4 Å². The van der Waals surface area contributed by atoms with Gasteiger partial charge < -0.3 is 5.32 Å². The first-order valence-electron chi connectivity index (χ1n) is 8.40. The highest BCUT2D eigenvalue weighted by atomic mass is 32.1. The number of thiophene rings is 1. The van der Waals surface area contributed by atoms with Crippen LogP contribution in [0.4, 0.5) is 0 Å². The molecule has 114 valence electrons. The number of rotatable bonds is 6. The molecule has 1 unspecified atom stereocenters. The van der Waals surface area contributed by atoms with Crippen LogP contribution in [-0.2, 0) is 0 Å². The highest BCUT2D eigenvalue weighted by molar-refractivity contribution is 7.10. The van der Waals surface area contributed by atoms with Crippen LogP contribution in [0.5, 0.6) is 0 Å². The van der Waals surface area contributed by atoms with Crippen molar-refractivity contribution in [1.82, 2.24) is 5.32 Å². The molecule has 2 rings (SSSR count). The van der Waals surface area contributed by atoms with E-state index in [2.05, 4.69) is 44.5 Å². The summed E-state index contributed by atoms with van der Waals surface area (Å²) in [6.07, 6.45) is 6.88. The van der Waals surface area contributed by atoms with E-state index < -0.39 is 0 Å². The predicted octanol–water partition coefficient (Wildman–Crippen LogP) is 5.56. The first kappa shape index (κ1) is 16.0. The molecule has 1 fully saturated rings. The zero-order valence-electron chi connectivity index (χ0n) is 13.6. The van der Waals surface area contributed by atoms with Crippen molar-refractivity contribution >= 4 is 11.3 Å². The summed E-state index contributed by atoms with van der Waals surface area (Å²) < 4.78 is 0. The van der Waals surface area contributed by atoms with E-state index in [9.17, 15) is 0 Å². The molecule has 0 bridgehead atoms. The molecule has 1 N–H and O–H groups in total. The second-order valence-corrected chi connectivity index (χ2v) is 7.90. The van der Waals surface area contributed by atoms with E-state index in [-0.39, 0.29) is 0 Å². The molecule has 0 amide bonds. The van der Waals surface area contributed by atoms with Crippen molar-refractivity contribution in [3.8, 4) is 0 Å². The molecule has 0 aromatic carbocycles. The Hall–Kier alpha value is -0.340. The average Bonchev–Trinajstić information content (AvgIpc) is 2.86. The van der Waals surface area contributed by atoms with Crippen molar-refractivity contribution in [2.75, 3.05) is 6.54 Å². The maximum absolute atomic E-state index is 3.83. The van der Waals surface area contributed by atoms with Crippen LogP contribution in [0.3, 0.4) is 0 Å². The fraction of sp³-hybridized carbons (Fsp3) is 0.778. The highest BCUT2D eigenvalue weighted by Gasteiger charge is 2.30. The summed E-state index contributed by atoms with van der Waals surface area (Å²) >= 11 is 1.90. The smallest absolute Gasteiger partial charge is 0.0359 e. The molecule has 0 aliphatic heterocycles. The van der Waals surface area contributed by atoms with Crippen LogP contribution in [-0.4, -0.2) is 6.54 Å². The Bertz CT molecular complexity index is 388. The third-order valence-corrected chi connectivity index (χ3v) is 5.94. The summed E-state index contributed by atoms with van der Waals surface area (Å²) in [5, 5.41) is 6.09. The first-order chi connectivity index (χ1) is 9.63. The van der Waals surface area contributed by atoms with Gasteiger partial charge >= 0.3 is 0 Å². The number of hydrogen-bond acceptors (Lipinski definition) is 2. The van der Waals surface area contributed by atoms with Gasteiger partial charge in [-0.2, -0.15) is 0 Å². The molecule has 1 nitrogen and oxygen atoms in total. The van der Waals surface area contributed by atoms with Gasteiger partial charge in [-0.15, -0.1) is 11.3 Å². The van der Waals surface area contributed by atoms with Crippen LogP contribution < -0.4 is 5.32 Å². The normalized spacial score (nSPS) is 25.1. The van der Waals surface area contributed by atoms with Gasteiger partial charge in [0.2, 0.25) is 0 Å². The Labute approximate surface area is 129 Å². The fourth-order valence-corrected chi connectivity index (χ4v) is 4.44. The van der Waals surface area contributed by atoms with Crippen molar-refractivity contribution in [3.63, 3.8) is 0 Å². The average molecular weight is 294 g/mol. The number of aryl methyl sites for hydroxylation is 1. The van der Waals surface area contributed by atoms with Gasteiger partial charge in [-0.05, 0) is 80.3 Å². The lowest BCUT2D eigenvalue weighted by molar-refractivity contribution is 0.189. The zero-order chi connectivity index (χ0) is 14.5.